The van der Waals surface area contributed by atoms with Crippen molar-refractivity contribution >= 4 is 0 Å². The van der Waals surface area contributed by atoms with Crippen LogP contribution in [0.15, 0.2) is 0 Å². The SMILES string of the molecule is CC1(CNCC2CCOCC2)CCCC1. The van der Waals surface area contributed by atoms with E-state index in [1.54, 1.807) is 0 Å². The predicted octanol–water partition coefficient (Wildman–Crippen LogP) is 2.58. The number of ether oxygens (including phenoxy) is 1. The minimum atomic E-state index is 0.602. The van der Waals surface area contributed by atoms with Crippen molar-refractivity contribution in [3.63, 3.8) is 0 Å². The molecule has 0 aromatic heterocycles. The molecule has 2 rings (SSSR count). The van der Waals surface area contributed by atoms with Gasteiger partial charge in [-0.3, -0.25) is 0 Å². The first-order valence-corrected chi connectivity index (χ1v) is 6.57. The maximum absolute atomic E-state index is 5.37. The second kappa shape index (κ2) is 5.31. The van der Waals surface area contributed by atoms with Gasteiger partial charge in [-0.05, 0) is 43.6 Å². The summed E-state index contributed by atoms with van der Waals surface area (Å²) in [5, 5.41) is 3.68. The van der Waals surface area contributed by atoms with Gasteiger partial charge in [0.1, 0.15) is 0 Å². The zero-order chi connectivity index (χ0) is 10.6. The van der Waals surface area contributed by atoms with Gasteiger partial charge in [-0.15, -0.1) is 0 Å². The largest absolute Gasteiger partial charge is 0.381 e. The normalized spacial score (nSPS) is 27.0. The summed E-state index contributed by atoms with van der Waals surface area (Å²) in [5.74, 6) is 0.865. The van der Waals surface area contributed by atoms with Crippen LogP contribution in [-0.4, -0.2) is 26.3 Å². The third kappa shape index (κ3) is 3.46. The van der Waals surface area contributed by atoms with E-state index in [0.29, 0.717) is 5.41 Å². The van der Waals surface area contributed by atoms with Gasteiger partial charge in [0.15, 0.2) is 0 Å². The monoisotopic (exact) mass is 211 g/mol. The predicted molar refractivity (Wildman–Crippen MR) is 63.0 cm³/mol. The molecule has 0 radical (unpaired) electrons. The Labute approximate surface area is 93.8 Å². The van der Waals surface area contributed by atoms with Crippen molar-refractivity contribution in [3.05, 3.63) is 0 Å². The van der Waals surface area contributed by atoms with Crippen LogP contribution in [0, 0.1) is 11.3 Å². The molecule has 1 N–H and O–H groups in total. The van der Waals surface area contributed by atoms with E-state index in [1.165, 1.54) is 51.6 Å². The molecule has 2 heteroatoms. The van der Waals surface area contributed by atoms with Crippen LogP contribution in [0.1, 0.15) is 45.4 Å². The molecule has 0 unspecified atom stereocenters. The van der Waals surface area contributed by atoms with Crippen molar-refractivity contribution in [2.24, 2.45) is 11.3 Å². The average molecular weight is 211 g/mol. The van der Waals surface area contributed by atoms with E-state index in [0.717, 1.165) is 19.1 Å². The van der Waals surface area contributed by atoms with Gasteiger partial charge < -0.3 is 10.1 Å². The Morgan fingerprint density at radius 2 is 1.87 bits per heavy atom. The van der Waals surface area contributed by atoms with Crippen molar-refractivity contribution in [3.8, 4) is 0 Å². The van der Waals surface area contributed by atoms with Gasteiger partial charge >= 0.3 is 0 Å². The second-order valence-corrected chi connectivity index (χ2v) is 5.70. The van der Waals surface area contributed by atoms with E-state index < -0.39 is 0 Å². The fourth-order valence-corrected chi connectivity index (χ4v) is 2.93. The summed E-state index contributed by atoms with van der Waals surface area (Å²) < 4.78 is 5.37. The summed E-state index contributed by atoms with van der Waals surface area (Å²) in [6.07, 6.45) is 8.24. The Bertz CT molecular complexity index is 181. The first kappa shape index (κ1) is 11.4. The average Bonchev–Trinajstić information content (AvgIpc) is 2.67. The Morgan fingerprint density at radius 1 is 1.20 bits per heavy atom. The van der Waals surface area contributed by atoms with Gasteiger partial charge in [-0.1, -0.05) is 19.8 Å². The Balaban J connectivity index is 1.61. The highest BCUT2D eigenvalue weighted by Crippen LogP contribution is 2.36. The van der Waals surface area contributed by atoms with E-state index >= 15 is 0 Å². The molecular formula is C13H25NO. The minimum absolute atomic E-state index is 0.602. The van der Waals surface area contributed by atoms with Crippen molar-refractivity contribution in [2.75, 3.05) is 26.3 Å². The molecule has 1 heterocycles. The molecule has 0 aromatic carbocycles. The molecule has 0 aromatic rings. The lowest BCUT2D eigenvalue weighted by atomic mass is 9.88. The minimum Gasteiger partial charge on any atom is -0.381 e. The molecule has 0 amide bonds. The molecule has 88 valence electrons. The van der Waals surface area contributed by atoms with Crippen LogP contribution in [0.5, 0.6) is 0 Å². The lowest BCUT2D eigenvalue weighted by Crippen LogP contribution is -2.34. The highest BCUT2D eigenvalue weighted by Gasteiger charge is 2.28. The van der Waals surface area contributed by atoms with Crippen LogP contribution in [0.25, 0.3) is 0 Å². The Kier molecular flexibility index (Phi) is 4.04. The smallest absolute Gasteiger partial charge is 0.0469 e. The molecule has 0 spiro atoms. The third-order valence-electron chi connectivity index (χ3n) is 4.14. The summed E-state index contributed by atoms with van der Waals surface area (Å²) in [6.45, 7) is 6.83. The standard InChI is InChI=1S/C13H25NO/c1-13(6-2-3-7-13)11-14-10-12-4-8-15-9-5-12/h12,14H,2-11H2,1H3. The van der Waals surface area contributed by atoms with Crippen LogP contribution in [0.2, 0.25) is 0 Å². The van der Waals surface area contributed by atoms with E-state index in [1.807, 2.05) is 0 Å². The molecule has 1 saturated heterocycles. The molecular weight excluding hydrogens is 186 g/mol. The Morgan fingerprint density at radius 3 is 2.53 bits per heavy atom. The van der Waals surface area contributed by atoms with Crippen LogP contribution < -0.4 is 5.32 Å². The number of hydrogen-bond donors (Lipinski definition) is 1. The lowest BCUT2D eigenvalue weighted by Gasteiger charge is -2.27. The van der Waals surface area contributed by atoms with Crippen LogP contribution in [-0.2, 0) is 4.74 Å². The highest BCUT2D eigenvalue weighted by atomic mass is 16.5. The van der Waals surface area contributed by atoms with Crippen molar-refractivity contribution < 1.29 is 4.74 Å². The zero-order valence-electron chi connectivity index (χ0n) is 10.1. The summed E-state index contributed by atoms with van der Waals surface area (Å²) in [6, 6.07) is 0. The van der Waals surface area contributed by atoms with Gasteiger partial charge in [0.25, 0.3) is 0 Å². The molecule has 2 aliphatic rings. The van der Waals surface area contributed by atoms with Gasteiger partial charge in [0.05, 0.1) is 0 Å². The van der Waals surface area contributed by atoms with Gasteiger partial charge in [-0.25, -0.2) is 0 Å². The Hall–Kier alpha value is -0.0800. The number of nitrogens with one attached hydrogen (secondary N) is 1. The maximum Gasteiger partial charge on any atom is 0.0469 e. The van der Waals surface area contributed by atoms with E-state index in [4.69, 9.17) is 4.74 Å². The molecule has 1 aliphatic carbocycles. The number of rotatable bonds is 4. The molecule has 1 aliphatic heterocycles. The van der Waals surface area contributed by atoms with Crippen LogP contribution in [0.3, 0.4) is 0 Å². The quantitative estimate of drug-likeness (QED) is 0.771. The second-order valence-electron chi connectivity index (χ2n) is 5.70. The van der Waals surface area contributed by atoms with Crippen molar-refractivity contribution in [2.45, 2.75) is 45.4 Å². The van der Waals surface area contributed by atoms with Gasteiger partial charge in [0, 0.05) is 19.8 Å². The molecule has 0 atom stereocenters. The number of hydrogen-bond acceptors (Lipinski definition) is 2. The maximum atomic E-state index is 5.37. The molecule has 0 bridgehead atoms. The zero-order valence-corrected chi connectivity index (χ0v) is 10.1. The highest BCUT2D eigenvalue weighted by molar-refractivity contribution is 4.82. The first-order valence-electron chi connectivity index (χ1n) is 6.57. The van der Waals surface area contributed by atoms with Crippen LogP contribution >= 0.6 is 0 Å². The van der Waals surface area contributed by atoms with Crippen molar-refractivity contribution in [1.82, 2.24) is 5.32 Å². The molecule has 2 fully saturated rings. The summed E-state index contributed by atoms with van der Waals surface area (Å²) >= 11 is 0. The van der Waals surface area contributed by atoms with Gasteiger partial charge in [0.2, 0.25) is 0 Å². The molecule has 15 heavy (non-hydrogen) atoms. The third-order valence-corrected chi connectivity index (χ3v) is 4.14. The van der Waals surface area contributed by atoms with E-state index in [-0.39, 0.29) is 0 Å². The molecule has 2 nitrogen and oxygen atoms in total. The van der Waals surface area contributed by atoms with E-state index in [9.17, 15) is 0 Å². The summed E-state index contributed by atoms with van der Waals surface area (Å²) in [7, 11) is 0. The van der Waals surface area contributed by atoms with E-state index in [2.05, 4.69) is 12.2 Å². The fourth-order valence-electron chi connectivity index (χ4n) is 2.93. The fraction of sp³-hybridized carbons (Fsp3) is 1.00. The molecule has 1 saturated carbocycles. The summed E-state index contributed by atoms with van der Waals surface area (Å²) in [5.41, 5.74) is 0.602. The summed E-state index contributed by atoms with van der Waals surface area (Å²) in [4.78, 5) is 0. The topological polar surface area (TPSA) is 21.3 Å². The van der Waals surface area contributed by atoms with Crippen molar-refractivity contribution in [1.29, 1.82) is 0 Å². The lowest BCUT2D eigenvalue weighted by molar-refractivity contribution is 0.0655. The van der Waals surface area contributed by atoms with Gasteiger partial charge in [-0.2, -0.15) is 0 Å². The first-order chi connectivity index (χ1) is 7.29. The van der Waals surface area contributed by atoms with Crippen LogP contribution in [0.4, 0.5) is 0 Å².